The SMILES string of the molecule is CCC1(CN(C)CCS(C)(=O)=O)CCCNC1. The first-order valence-corrected chi connectivity index (χ1v) is 8.50. The van der Waals surface area contributed by atoms with Crippen molar-refractivity contribution in [3.63, 3.8) is 0 Å². The largest absolute Gasteiger partial charge is 0.316 e. The van der Waals surface area contributed by atoms with Crippen molar-refractivity contribution in [1.29, 1.82) is 0 Å². The Morgan fingerprint density at radius 1 is 1.41 bits per heavy atom. The second-order valence-corrected chi connectivity index (χ2v) is 7.76. The van der Waals surface area contributed by atoms with Crippen LogP contribution >= 0.6 is 0 Å². The van der Waals surface area contributed by atoms with Crippen molar-refractivity contribution in [3.05, 3.63) is 0 Å². The van der Waals surface area contributed by atoms with Gasteiger partial charge in [-0.2, -0.15) is 0 Å². The molecule has 1 aliphatic heterocycles. The molecular weight excluding hydrogens is 236 g/mol. The van der Waals surface area contributed by atoms with Crippen LogP contribution < -0.4 is 5.32 Å². The number of hydrogen-bond donors (Lipinski definition) is 1. The molecule has 0 radical (unpaired) electrons. The van der Waals surface area contributed by atoms with Gasteiger partial charge in [0.1, 0.15) is 9.84 Å². The van der Waals surface area contributed by atoms with E-state index in [0.717, 1.165) is 26.1 Å². The lowest BCUT2D eigenvalue weighted by molar-refractivity contribution is 0.132. The molecule has 17 heavy (non-hydrogen) atoms. The van der Waals surface area contributed by atoms with Crippen molar-refractivity contribution in [2.75, 3.05) is 45.2 Å². The molecule has 0 aliphatic carbocycles. The standard InChI is InChI=1S/C12H26N2O2S/c1-4-12(6-5-7-13-10-12)11-14(2)8-9-17(3,15)16/h13H,4-11H2,1-3H3. The zero-order valence-electron chi connectivity index (χ0n) is 11.3. The molecule has 1 rings (SSSR count). The molecule has 1 unspecified atom stereocenters. The van der Waals surface area contributed by atoms with Crippen LogP contribution in [0.25, 0.3) is 0 Å². The van der Waals surface area contributed by atoms with Crippen LogP contribution in [-0.2, 0) is 9.84 Å². The third kappa shape index (κ3) is 5.36. The van der Waals surface area contributed by atoms with Crippen LogP contribution in [0, 0.1) is 5.41 Å². The minimum absolute atomic E-state index is 0.261. The third-order valence-corrected chi connectivity index (χ3v) is 4.68. The molecule has 1 heterocycles. The molecule has 0 aromatic heterocycles. The molecule has 102 valence electrons. The average molecular weight is 262 g/mol. The van der Waals surface area contributed by atoms with E-state index in [9.17, 15) is 8.42 Å². The summed E-state index contributed by atoms with van der Waals surface area (Å²) in [7, 11) is -0.819. The van der Waals surface area contributed by atoms with Crippen molar-refractivity contribution in [2.45, 2.75) is 26.2 Å². The predicted octanol–water partition coefficient (Wildman–Crippen LogP) is 0.743. The summed E-state index contributed by atoms with van der Waals surface area (Å²) in [5.41, 5.74) is 0.338. The Hall–Kier alpha value is -0.130. The van der Waals surface area contributed by atoms with Gasteiger partial charge in [-0.3, -0.25) is 0 Å². The number of rotatable bonds is 6. The second kappa shape index (κ2) is 6.16. The molecule has 4 nitrogen and oxygen atoms in total. The highest BCUT2D eigenvalue weighted by molar-refractivity contribution is 7.90. The van der Waals surface area contributed by atoms with E-state index in [1.165, 1.54) is 19.1 Å². The number of nitrogens with zero attached hydrogens (tertiary/aromatic N) is 1. The third-order valence-electron chi connectivity index (χ3n) is 3.76. The van der Waals surface area contributed by atoms with Gasteiger partial charge in [-0.05, 0) is 38.3 Å². The maximum Gasteiger partial charge on any atom is 0.148 e. The van der Waals surface area contributed by atoms with E-state index in [4.69, 9.17) is 0 Å². The lowest BCUT2D eigenvalue weighted by Gasteiger charge is -2.40. The minimum atomic E-state index is -2.84. The van der Waals surface area contributed by atoms with Crippen molar-refractivity contribution in [1.82, 2.24) is 10.2 Å². The van der Waals surface area contributed by atoms with Crippen LogP contribution in [0.1, 0.15) is 26.2 Å². The van der Waals surface area contributed by atoms with Crippen LogP contribution in [0.15, 0.2) is 0 Å². The lowest BCUT2D eigenvalue weighted by Crippen LogP contribution is -2.47. The molecule has 5 heteroatoms. The quantitative estimate of drug-likeness (QED) is 0.767. The van der Waals surface area contributed by atoms with Gasteiger partial charge < -0.3 is 10.2 Å². The zero-order valence-corrected chi connectivity index (χ0v) is 12.1. The van der Waals surface area contributed by atoms with Gasteiger partial charge in [-0.15, -0.1) is 0 Å². The van der Waals surface area contributed by atoms with Crippen molar-refractivity contribution >= 4 is 9.84 Å². The predicted molar refractivity (Wildman–Crippen MR) is 72.0 cm³/mol. The fourth-order valence-electron chi connectivity index (χ4n) is 2.55. The van der Waals surface area contributed by atoms with Gasteiger partial charge in [-0.25, -0.2) is 8.42 Å². The Kier molecular flexibility index (Phi) is 5.41. The monoisotopic (exact) mass is 262 g/mol. The summed E-state index contributed by atoms with van der Waals surface area (Å²) >= 11 is 0. The van der Waals surface area contributed by atoms with E-state index in [0.29, 0.717) is 12.0 Å². The maximum atomic E-state index is 11.1. The second-order valence-electron chi connectivity index (χ2n) is 5.50. The molecule has 0 aromatic carbocycles. The molecule has 1 atom stereocenters. The highest BCUT2D eigenvalue weighted by Gasteiger charge is 2.31. The van der Waals surface area contributed by atoms with Gasteiger partial charge in [0, 0.05) is 25.9 Å². The normalized spacial score (nSPS) is 26.4. The van der Waals surface area contributed by atoms with Gasteiger partial charge in [0.15, 0.2) is 0 Å². The number of piperidine rings is 1. The summed E-state index contributed by atoms with van der Waals surface area (Å²) in [5.74, 6) is 0.261. The van der Waals surface area contributed by atoms with E-state index in [1.54, 1.807) is 0 Å². The fraction of sp³-hybridized carbons (Fsp3) is 1.00. The number of sulfone groups is 1. The molecule has 0 saturated carbocycles. The topological polar surface area (TPSA) is 49.4 Å². The Balaban J connectivity index is 2.44. The summed E-state index contributed by atoms with van der Waals surface area (Å²) in [4.78, 5) is 2.16. The number of hydrogen-bond acceptors (Lipinski definition) is 4. The summed E-state index contributed by atoms with van der Waals surface area (Å²) in [6.45, 7) is 6.05. The van der Waals surface area contributed by atoms with Crippen LogP contribution in [0.4, 0.5) is 0 Å². The van der Waals surface area contributed by atoms with Crippen molar-refractivity contribution in [2.24, 2.45) is 5.41 Å². The van der Waals surface area contributed by atoms with Crippen LogP contribution in [-0.4, -0.2) is 58.6 Å². The Labute approximate surface area is 106 Å². The highest BCUT2D eigenvalue weighted by atomic mass is 32.2. The van der Waals surface area contributed by atoms with E-state index in [-0.39, 0.29) is 5.75 Å². The summed E-state index contributed by atoms with van der Waals surface area (Å²) < 4.78 is 22.3. The Morgan fingerprint density at radius 3 is 2.59 bits per heavy atom. The molecular formula is C12H26N2O2S. The molecule has 0 amide bonds. The molecule has 1 aliphatic rings. The van der Waals surface area contributed by atoms with E-state index < -0.39 is 9.84 Å². The van der Waals surface area contributed by atoms with Crippen molar-refractivity contribution < 1.29 is 8.42 Å². The van der Waals surface area contributed by atoms with Crippen molar-refractivity contribution in [3.8, 4) is 0 Å². The summed E-state index contributed by atoms with van der Waals surface area (Å²) in [5, 5.41) is 3.46. The molecule has 0 aromatic rings. The van der Waals surface area contributed by atoms with Gasteiger partial charge in [0.25, 0.3) is 0 Å². The van der Waals surface area contributed by atoms with Gasteiger partial charge >= 0.3 is 0 Å². The van der Waals surface area contributed by atoms with E-state index in [1.807, 2.05) is 7.05 Å². The van der Waals surface area contributed by atoms with Gasteiger partial charge in [0.2, 0.25) is 0 Å². The smallest absolute Gasteiger partial charge is 0.148 e. The minimum Gasteiger partial charge on any atom is -0.316 e. The van der Waals surface area contributed by atoms with Gasteiger partial charge in [-0.1, -0.05) is 6.92 Å². The van der Waals surface area contributed by atoms with Gasteiger partial charge in [0.05, 0.1) is 5.75 Å². The fourth-order valence-corrected chi connectivity index (χ4v) is 3.20. The van der Waals surface area contributed by atoms with Crippen LogP contribution in [0.3, 0.4) is 0 Å². The Morgan fingerprint density at radius 2 is 2.12 bits per heavy atom. The maximum absolute atomic E-state index is 11.1. The van der Waals surface area contributed by atoms with Crippen LogP contribution in [0.5, 0.6) is 0 Å². The summed E-state index contributed by atoms with van der Waals surface area (Å²) in [6, 6.07) is 0. The zero-order chi connectivity index (χ0) is 12.9. The first-order valence-electron chi connectivity index (χ1n) is 6.44. The molecule has 1 N–H and O–H groups in total. The van der Waals surface area contributed by atoms with E-state index >= 15 is 0 Å². The first kappa shape index (κ1) is 14.9. The number of nitrogens with one attached hydrogen (secondary N) is 1. The lowest BCUT2D eigenvalue weighted by atomic mass is 9.78. The Bertz CT molecular complexity index is 321. The summed E-state index contributed by atoms with van der Waals surface area (Å²) in [6.07, 6.45) is 4.94. The molecule has 1 saturated heterocycles. The van der Waals surface area contributed by atoms with E-state index in [2.05, 4.69) is 17.1 Å². The van der Waals surface area contributed by atoms with Crippen LogP contribution in [0.2, 0.25) is 0 Å². The highest BCUT2D eigenvalue weighted by Crippen LogP contribution is 2.30. The molecule has 0 bridgehead atoms. The first-order chi connectivity index (χ1) is 7.87. The molecule has 0 spiro atoms. The molecule has 1 fully saturated rings. The average Bonchev–Trinajstić information content (AvgIpc) is 2.27.